The first-order chi connectivity index (χ1) is 6.33. The summed E-state index contributed by atoms with van der Waals surface area (Å²) in [6, 6.07) is 0. The number of oxime groups is 1. The van der Waals surface area contributed by atoms with Gasteiger partial charge in [-0.1, -0.05) is 24.4 Å². The Morgan fingerprint density at radius 1 is 1.46 bits per heavy atom. The summed E-state index contributed by atoms with van der Waals surface area (Å²) in [5.74, 6) is 1.13. The maximum atomic E-state index is 8.23. The summed E-state index contributed by atoms with van der Waals surface area (Å²) in [7, 11) is 0. The molecule has 0 unspecified atom stereocenters. The smallest absolute Gasteiger partial charge is 0.141 e. The highest BCUT2D eigenvalue weighted by Gasteiger charge is 2.16. The molecular weight excluding hydrogens is 168 g/mol. The van der Waals surface area contributed by atoms with E-state index in [-0.39, 0.29) is 5.84 Å². The van der Waals surface area contributed by atoms with Crippen molar-refractivity contribution in [1.82, 2.24) is 0 Å². The third kappa shape index (κ3) is 4.12. The first kappa shape index (κ1) is 10.3. The molecule has 0 spiro atoms. The molecule has 3 N–H and O–H groups in total. The molecule has 0 aliphatic heterocycles. The quantitative estimate of drug-likeness (QED) is 0.216. The monoisotopic (exact) mass is 186 g/mol. The van der Waals surface area contributed by atoms with Gasteiger partial charge in [-0.3, -0.25) is 0 Å². The molecule has 4 heteroatoms. The van der Waals surface area contributed by atoms with E-state index < -0.39 is 0 Å². The number of nitrogens with zero attached hydrogens (tertiary/aromatic N) is 1. The zero-order valence-electron chi connectivity index (χ0n) is 7.91. The molecule has 13 heavy (non-hydrogen) atoms. The summed E-state index contributed by atoms with van der Waals surface area (Å²) in [4.78, 5) is 0. The molecule has 0 heterocycles. The van der Waals surface area contributed by atoms with Gasteiger partial charge in [-0.2, -0.15) is 0 Å². The Balaban J connectivity index is 1.83. The van der Waals surface area contributed by atoms with Crippen LogP contribution in [0.15, 0.2) is 5.16 Å². The van der Waals surface area contributed by atoms with Crippen LogP contribution < -0.4 is 5.73 Å². The predicted octanol–water partition coefficient (Wildman–Crippen LogP) is 1.33. The van der Waals surface area contributed by atoms with E-state index in [1.54, 1.807) is 0 Å². The largest absolute Gasteiger partial charge is 0.409 e. The first-order valence-corrected chi connectivity index (χ1v) is 4.87. The van der Waals surface area contributed by atoms with Crippen LogP contribution in [0, 0.1) is 5.92 Å². The number of amidine groups is 1. The summed E-state index contributed by atoms with van der Waals surface area (Å²) >= 11 is 0. The van der Waals surface area contributed by atoms with Gasteiger partial charge in [0, 0.05) is 13.0 Å². The number of nitrogens with two attached hydrogens (primary N) is 1. The van der Waals surface area contributed by atoms with Crippen molar-refractivity contribution in [3.63, 3.8) is 0 Å². The lowest BCUT2D eigenvalue weighted by Crippen LogP contribution is -2.16. The minimum Gasteiger partial charge on any atom is -0.409 e. The average Bonchev–Trinajstić information content (AvgIpc) is 2.07. The zero-order chi connectivity index (χ0) is 9.52. The van der Waals surface area contributed by atoms with Crippen LogP contribution in [0.1, 0.15) is 32.1 Å². The maximum absolute atomic E-state index is 8.23. The SMILES string of the molecule is NC(CCOCCC1CCC1)=NO. The van der Waals surface area contributed by atoms with E-state index in [9.17, 15) is 0 Å². The molecule has 1 aliphatic carbocycles. The van der Waals surface area contributed by atoms with Crippen molar-refractivity contribution < 1.29 is 9.94 Å². The van der Waals surface area contributed by atoms with Gasteiger partial charge in [0.1, 0.15) is 5.84 Å². The van der Waals surface area contributed by atoms with E-state index in [0.717, 1.165) is 18.9 Å². The highest BCUT2D eigenvalue weighted by Crippen LogP contribution is 2.28. The lowest BCUT2D eigenvalue weighted by molar-refractivity contribution is 0.111. The van der Waals surface area contributed by atoms with Crippen LogP contribution in [0.25, 0.3) is 0 Å². The van der Waals surface area contributed by atoms with Gasteiger partial charge in [0.25, 0.3) is 0 Å². The van der Waals surface area contributed by atoms with Crippen molar-refractivity contribution in [2.75, 3.05) is 13.2 Å². The topological polar surface area (TPSA) is 67.8 Å². The molecule has 1 saturated carbocycles. The molecule has 0 radical (unpaired) electrons. The molecule has 0 aromatic rings. The van der Waals surface area contributed by atoms with E-state index in [0.29, 0.717) is 13.0 Å². The molecule has 0 bridgehead atoms. The van der Waals surface area contributed by atoms with Gasteiger partial charge in [0.15, 0.2) is 0 Å². The molecule has 1 aliphatic rings. The van der Waals surface area contributed by atoms with Gasteiger partial charge in [0.05, 0.1) is 6.61 Å². The average molecular weight is 186 g/mol. The van der Waals surface area contributed by atoms with Crippen molar-refractivity contribution in [3.8, 4) is 0 Å². The lowest BCUT2D eigenvalue weighted by Gasteiger charge is -2.24. The van der Waals surface area contributed by atoms with Crippen LogP contribution in [0.2, 0.25) is 0 Å². The van der Waals surface area contributed by atoms with E-state index in [1.165, 1.54) is 19.3 Å². The molecule has 0 saturated heterocycles. The second-order valence-electron chi connectivity index (χ2n) is 3.54. The Labute approximate surface area is 78.7 Å². The van der Waals surface area contributed by atoms with E-state index in [2.05, 4.69) is 5.16 Å². The molecule has 0 aromatic carbocycles. The second-order valence-corrected chi connectivity index (χ2v) is 3.54. The van der Waals surface area contributed by atoms with Crippen molar-refractivity contribution in [2.45, 2.75) is 32.1 Å². The molecule has 1 rings (SSSR count). The highest BCUT2D eigenvalue weighted by molar-refractivity contribution is 5.79. The molecule has 4 nitrogen and oxygen atoms in total. The number of rotatable bonds is 6. The normalized spacial score (nSPS) is 18.6. The van der Waals surface area contributed by atoms with Gasteiger partial charge < -0.3 is 15.7 Å². The van der Waals surface area contributed by atoms with Crippen molar-refractivity contribution in [3.05, 3.63) is 0 Å². The minimum absolute atomic E-state index is 0.239. The standard InChI is InChI=1S/C9H18N2O2/c10-9(11-12)5-7-13-6-4-8-2-1-3-8/h8,12H,1-7H2,(H2,10,11). The van der Waals surface area contributed by atoms with E-state index >= 15 is 0 Å². The zero-order valence-corrected chi connectivity index (χ0v) is 7.91. The fourth-order valence-corrected chi connectivity index (χ4v) is 1.36. The second kappa shape index (κ2) is 5.80. The Morgan fingerprint density at radius 3 is 2.77 bits per heavy atom. The lowest BCUT2D eigenvalue weighted by atomic mass is 9.83. The van der Waals surface area contributed by atoms with Crippen molar-refractivity contribution in [2.24, 2.45) is 16.8 Å². The Bertz CT molecular complexity index is 167. The predicted molar refractivity (Wildman–Crippen MR) is 50.8 cm³/mol. The van der Waals surface area contributed by atoms with Crippen molar-refractivity contribution in [1.29, 1.82) is 0 Å². The van der Waals surface area contributed by atoms with Crippen LogP contribution in [0.3, 0.4) is 0 Å². The fraction of sp³-hybridized carbons (Fsp3) is 0.889. The maximum Gasteiger partial charge on any atom is 0.141 e. The number of hydrogen-bond donors (Lipinski definition) is 2. The summed E-state index contributed by atoms with van der Waals surface area (Å²) in [5.41, 5.74) is 5.27. The van der Waals surface area contributed by atoms with Gasteiger partial charge in [-0.25, -0.2) is 0 Å². The van der Waals surface area contributed by atoms with Crippen LogP contribution in [0.4, 0.5) is 0 Å². The number of ether oxygens (including phenoxy) is 1. The molecule has 0 amide bonds. The molecule has 76 valence electrons. The Kier molecular flexibility index (Phi) is 4.60. The van der Waals surface area contributed by atoms with E-state index in [4.69, 9.17) is 15.7 Å². The summed E-state index contributed by atoms with van der Waals surface area (Å²) in [5, 5.41) is 11.1. The molecule has 0 atom stereocenters. The fourth-order valence-electron chi connectivity index (χ4n) is 1.36. The third-order valence-electron chi connectivity index (χ3n) is 2.53. The van der Waals surface area contributed by atoms with E-state index in [1.807, 2.05) is 0 Å². The van der Waals surface area contributed by atoms with Crippen LogP contribution in [-0.4, -0.2) is 24.3 Å². The Hall–Kier alpha value is -0.770. The summed E-state index contributed by atoms with van der Waals surface area (Å²) in [6.45, 7) is 1.37. The van der Waals surface area contributed by atoms with Gasteiger partial charge in [-0.05, 0) is 12.3 Å². The Morgan fingerprint density at radius 2 is 2.23 bits per heavy atom. The van der Waals surface area contributed by atoms with Crippen molar-refractivity contribution >= 4 is 5.84 Å². The molecule has 1 fully saturated rings. The van der Waals surface area contributed by atoms with Gasteiger partial charge in [0.2, 0.25) is 0 Å². The third-order valence-corrected chi connectivity index (χ3v) is 2.53. The van der Waals surface area contributed by atoms with Gasteiger partial charge in [-0.15, -0.1) is 0 Å². The first-order valence-electron chi connectivity index (χ1n) is 4.87. The molecular formula is C9H18N2O2. The van der Waals surface area contributed by atoms with Crippen LogP contribution >= 0.6 is 0 Å². The highest BCUT2D eigenvalue weighted by atomic mass is 16.5. The molecule has 0 aromatic heterocycles. The minimum atomic E-state index is 0.239. The summed E-state index contributed by atoms with van der Waals surface area (Å²) in [6.07, 6.45) is 5.79. The summed E-state index contributed by atoms with van der Waals surface area (Å²) < 4.78 is 5.34. The van der Waals surface area contributed by atoms with Crippen LogP contribution in [0.5, 0.6) is 0 Å². The number of hydrogen-bond acceptors (Lipinski definition) is 3. The van der Waals surface area contributed by atoms with Crippen LogP contribution in [-0.2, 0) is 4.74 Å². The van der Waals surface area contributed by atoms with Gasteiger partial charge >= 0.3 is 0 Å².